The number of Topliss-reactive ketones (excluding diaryl/α,β-unsaturated/α-hetero) is 1. The number of benzene rings is 1. The first-order chi connectivity index (χ1) is 10.5. The summed E-state index contributed by atoms with van der Waals surface area (Å²) >= 11 is 0. The lowest BCUT2D eigenvalue weighted by Crippen LogP contribution is -2.14. The van der Waals surface area contributed by atoms with Crippen LogP contribution in [0.4, 0.5) is 5.69 Å². The Balaban J connectivity index is 2.31. The molecule has 116 valence electrons. The molecule has 5 nitrogen and oxygen atoms in total. The van der Waals surface area contributed by atoms with E-state index in [1.807, 2.05) is 19.1 Å². The molecule has 0 fully saturated rings. The fourth-order valence-corrected chi connectivity index (χ4v) is 2.54. The van der Waals surface area contributed by atoms with Crippen LogP contribution >= 0.6 is 0 Å². The van der Waals surface area contributed by atoms with Crippen molar-refractivity contribution in [2.75, 3.05) is 11.9 Å². The number of aromatic nitrogens is 1. The van der Waals surface area contributed by atoms with Gasteiger partial charge in [0.2, 0.25) is 0 Å². The minimum Gasteiger partial charge on any atom is -0.492 e. The molecule has 22 heavy (non-hydrogen) atoms. The first-order valence-electron chi connectivity index (χ1n) is 7.19. The van der Waals surface area contributed by atoms with Crippen LogP contribution in [0.2, 0.25) is 0 Å². The van der Waals surface area contributed by atoms with Crippen molar-refractivity contribution in [2.24, 2.45) is 0 Å². The van der Waals surface area contributed by atoms with Crippen LogP contribution in [0.25, 0.3) is 0 Å². The van der Waals surface area contributed by atoms with Gasteiger partial charge in [-0.15, -0.1) is 0 Å². The van der Waals surface area contributed by atoms with Crippen molar-refractivity contribution in [1.82, 2.24) is 4.98 Å². The van der Waals surface area contributed by atoms with E-state index in [1.165, 1.54) is 6.92 Å². The number of carbonyl (C=O) groups excluding carboxylic acids is 2. The third-order valence-electron chi connectivity index (χ3n) is 3.45. The zero-order valence-corrected chi connectivity index (χ0v) is 13.2. The maximum atomic E-state index is 12.5. The number of ketones is 1. The highest BCUT2D eigenvalue weighted by atomic mass is 16.5. The molecule has 2 rings (SSSR count). The Kier molecular flexibility index (Phi) is 4.65. The summed E-state index contributed by atoms with van der Waals surface area (Å²) in [6.07, 6.45) is 0. The van der Waals surface area contributed by atoms with Crippen molar-refractivity contribution in [1.29, 1.82) is 0 Å². The van der Waals surface area contributed by atoms with Crippen molar-refractivity contribution < 1.29 is 14.3 Å². The second kappa shape index (κ2) is 6.47. The fourth-order valence-electron chi connectivity index (χ4n) is 2.54. The zero-order valence-electron chi connectivity index (χ0n) is 13.2. The summed E-state index contributed by atoms with van der Waals surface area (Å²) in [5, 5.41) is 2.83. The molecule has 1 amide bonds. The molecule has 0 saturated carbocycles. The molecule has 1 aromatic carbocycles. The second-order valence-corrected chi connectivity index (χ2v) is 5.06. The SMILES string of the molecule is CCOc1ccccc1NC(=O)c1[nH]c(C)c(C(C)=O)c1C. The number of hydrogen-bond acceptors (Lipinski definition) is 3. The van der Waals surface area contributed by atoms with E-state index in [9.17, 15) is 9.59 Å². The van der Waals surface area contributed by atoms with E-state index >= 15 is 0 Å². The van der Waals surface area contributed by atoms with Gasteiger partial charge in [-0.1, -0.05) is 12.1 Å². The number of aromatic amines is 1. The summed E-state index contributed by atoms with van der Waals surface area (Å²) in [5.41, 5.74) is 2.94. The van der Waals surface area contributed by atoms with Crippen LogP contribution in [0.5, 0.6) is 5.75 Å². The quantitative estimate of drug-likeness (QED) is 0.830. The number of nitrogens with one attached hydrogen (secondary N) is 2. The lowest BCUT2D eigenvalue weighted by Gasteiger charge is -2.11. The Hall–Kier alpha value is -2.56. The maximum absolute atomic E-state index is 12.5. The van der Waals surface area contributed by atoms with Crippen molar-refractivity contribution in [2.45, 2.75) is 27.7 Å². The molecule has 0 atom stereocenters. The monoisotopic (exact) mass is 300 g/mol. The topological polar surface area (TPSA) is 71.2 Å². The highest BCUT2D eigenvalue weighted by Gasteiger charge is 2.20. The van der Waals surface area contributed by atoms with Gasteiger partial charge < -0.3 is 15.0 Å². The first-order valence-corrected chi connectivity index (χ1v) is 7.19. The van der Waals surface area contributed by atoms with E-state index in [1.54, 1.807) is 26.0 Å². The third kappa shape index (κ3) is 3.03. The van der Waals surface area contributed by atoms with E-state index in [2.05, 4.69) is 10.3 Å². The summed E-state index contributed by atoms with van der Waals surface area (Å²) in [4.78, 5) is 27.1. The molecule has 2 N–H and O–H groups in total. The van der Waals surface area contributed by atoms with Crippen LogP contribution in [-0.4, -0.2) is 23.3 Å². The molecule has 0 radical (unpaired) electrons. The zero-order chi connectivity index (χ0) is 16.3. The maximum Gasteiger partial charge on any atom is 0.272 e. The molecular formula is C17H20N2O3. The molecule has 0 aliphatic rings. The Morgan fingerprint density at radius 3 is 2.50 bits per heavy atom. The lowest BCUT2D eigenvalue weighted by atomic mass is 10.1. The summed E-state index contributed by atoms with van der Waals surface area (Å²) in [7, 11) is 0. The number of carbonyl (C=O) groups is 2. The second-order valence-electron chi connectivity index (χ2n) is 5.06. The van der Waals surface area contributed by atoms with Gasteiger partial charge in [0.25, 0.3) is 5.91 Å². The standard InChI is InChI=1S/C17H20N2O3/c1-5-22-14-9-7-6-8-13(14)19-17(21)16-10(2)15(12(4)20)11(3)18-16/h6-9,18H,5H2,1-4H3,(H,19,21). The number of hydrogen-bond donors (Lipinski definition) is 2. The van der Waals surface area contributed by atoms with E-state index in [0.29, 0.717) is 40.6 Å². The number of H-pyrrole nitrogens is 1. The molecular weight excluding hydrogens is 280 g/mol. The van der Waals surface area contributed by atoms with Gasteiger partial charge in [0.1, 0.15) is 11.4 Å². The van der Waals surface area contributed by atoms with E-state index in [0.717, 1.165) is 0 Å². The van der Waals surface area contributed by atoms with Gasteiger partial charge in [-0.25, -0.2) is 0 Å². The average Bonchev–Trinajstić information content (AvgIpc) is 2.76. The average molecular weight is 300 g/mol. The Morgan fingerprint density at radius 1 is 1.23 bits per heavy atom. The predicted octanol–water partition coefficient (Wildman–Crippen LogP) is 3.49. The largest absolute Gasteiger partial charge is 0.492 e. The number of anilines is 1. The molecule has 1 aromatic heterocycles. The van der Waals surface area contributed by atoms with Crippen molar-refractivity contribution in [3.8, 4) is 5.75 Å². The first kappa shape index (κ1) is 15.8. The Bertz CT molecular complexity index is 717. The molecule has 0 unspecified atom stereocenters. The number of ether oxygens (including phenoxy) is 1. The van der Waals surface area contributed by atoms with Crippen LogP contribution in [0.1, 0.15) is 46.0 Å². The van der Waals surface area contributed by atoms with Gasteiger partial charge in [0.15, 0.2) is 5.78 Å². The highest BCUT2D eigenvalue weighted by Crippen LogP contribution is 2.25. The lowest BCUT2D eigenvalue weighted by molar-refractivity contribution is 0.101. The minimum atomic E-state index is -0.291. The molecule has 0 bridgehead atoms. The predicted molar refractivity (Wildman–Crippen MR) is 85.8 cm³/mol. The van der Waals surface area contributed by atoms with Gasteiger partial charge >= 0.3 is 0 Å². The van der Waals surface area contributed by atoms with Crippen LogP contribution in [0, 0.1) is 13.8 Å². The van der Waals surface area contributed by atoms with Crippen molar-refractivity contribution in [3.63, 3.8) is 0 Å². The highest BCUT2D eigenvalue weighted by molar-refractivity contribution is 6.08. The molecule has 0 aliphatic carbocycles. The van der Waals surface area contributed by atoms with Crippen LogP contribution in [0.15, 0.2) is 24.3 Å². The van der Waals surface area contributed by atoms with Crippen molar-refractivity contribution >= 4 is 17.4 Å². The smallest absolute Gasteiger partial charge is 0.272 e. The van der Waals surface area contributed by atoms with E-state index < -0.39 is 0 Å². The van der Waals surface area contributed by atoms with Gasteiger partial charge in [-0.2, -0.15) is 0 Å². The van der Waals surface area contributed by atoms with E-state index in [4.69, 9.17) is 4.74 Å². The Labute approximate surface area is 129 Å². The number of amides is 1. The van der Waals surface area contributed by atoms with E-state index in [-0.39, 0.29) is 11.7 Å². The van der Waals surface area contributed by atoms with Gasteiger partial charge in [-0.05, 0) is 45.4 Å². The molecule has 5 heteroatoms. The van der Waals surface area contributed by atoms with Crippen LogP contribution in [0.3, 0.4) is 0 Å². The molecule has 0 saturated heterocycles. The normalized spacial score (nSPS) is 10.4. The third-order valence-corrected chi connectivity index (χ3v) is 3.45. The van der Waals surface area contributed by atoms with Crippen LogP contribution < -0.4 is 10.1 Å². The number of aryl methyl sites for hydroxylation is 1. The summed E-state index contributed by atoms with van der Waals surface area (Å²) < 4.78 is 5.49. The Morgan fingerprint density at radius 2 is 1.91 bits per heavy atom. The number of para-hydroxylation sites is 2. The molecule has 0 aliphatic heterocycles. The van der Waals surface area contributed by atoms with Crippen LogP contribution in [-0.2, 0) is 0 Å². The fraction of sp³-hybridized carbons (Fsp3) is 0.294. The molecule has 0 spiro atoms. The number of rotatable bonds is 5. The molecule has 1 heterocycles. The van der Waals surface area contributed by atoms with Crippen molar-refractivity contribution in [3.05, 3.63) is 46.8 Å². The minimum absolute atomic E-state index is 0.0555. The summed E-state index contributed by atoms with van der Waals surface area (Å²) in [6, 6.07) is 7.25. The van der Waals surface area contributed by atoms with Gasteiger partial charge in [0.05, 0.1) is 12.3 Å². The summed E-state index contributed by atoms with van der Waals surface area (Å²) in [5.74, 6) is 0.270. The molecule has 2 aromatic rings. The summed E-state index contributed by atoms with van der Waals surface area (Å²) in [6.45, 7) is 7.45. The van der Waals surface area contributed by atoms with Gasteiger partial charge in [-0.3, -0.25) is 9.59 Å². The van der Waals surface area contributed by atoms with Gasteiger partial charge in [0, 0.05) is 11.3 Å².